The molecule has 0 unspecified atom stereocenters. The molecule has 0 saturated heterocycles. The van der Waals surface area contributed by atoms with E-state index in [2.05, 4.69) is 0 Å². The van der Waals surface area contributed by atoms with Crippen LogP contribution in [0.1, 0.15) is 6.42 Å². The zero-order valence-corrected chi connectivity index (χ0v) is 17.3. The largest absolute Gasteiger partial charge is 0.457 e. The zero-order valence-electron chi connectivity index (χ0n) is 17.3. The zero-order chi connectivity index (χ0) is 22.3. The second kappa shape index (κ2) is 10.0. The number of benzene rings is 3. The van der Waals surface area contributed by atoms with Gasteiger partial charge in [-0.1, -0.05) is 0 Å². The number of rotatable bonds is 8. The van der Waals surface area contributed by atoms with Crippen molar-refractivity contribution in [2.75, 3.05) is 11.4 Å². The van der Waals surface area contributed by atoms with Crippen LogP contribution < -0.4 is 14.2 Å². The van der Waals surface area contributed by atoms with Crippen molar-refractivity contribution in [2.24, 2.45) is 0 Å². The Morgan fingerprint density at radius 2 is 1.03 bits per heavy atom. The highest BCUT2D eigenvalue weighted by molar-refractivity contribution is 5.62. The van der Waals surface area contributed by atoms with E-state index < -0.39 is 0 Å². The number of hydrogen-bond donors (Lipinski definition) is 0. The first-order valence-electron chi connectivity index (χ1n) is 10.3. The van der Waals surface area contributed by atoms with Crippen molar-refractivity contribution in [3.05, 3.63) is 115 Å². The number of hydrogen-bond acceptors (Lipinski definition) is 2. The summed E-state index contributed by atoms with van der Waals surface area (Å²) in [6.07, 6.45) is 4.63. The van der Waals surface area contributed by atoms with Crippen LogP contribution in [0.15, 0.2) is 97.3 Å². The van der Waals surface area contributed by atoms with Gasteiger partial charge >= 0.3 is 0 Å². The van der Waals surface area contributed by atoms with Crippen molar-refractivity contribution >= 4 is 11.4 Å². The summed E-state index contributed by atoms with van der Waals surface area (Å²) in [6, 6.07) is 22.1. The van der Waals surface area contributed by atoms with Crippen molar-refractivity contribution in [1.29, 1.82) is 0 Å². The van der Waals surface area contributed by atoms with Crippen molar-refractivity contribution in [3.8, 4) is 11.5 Å². The summed E-state index contributed by atoms with van der Waals surface area (Å²) in [5, 5.41) is 0. The molecule has 4 rings (SSSR count). The molecule has 0 saturated carbocycles. The van der Waals surface area contributed by atoms with Crippen molar-refractivity contribution in [1.82, 2.24) is 0 Å². The second-order valence-corrected chi connectivity index (χ2v) is 7.29. The van der Waals surface area contributed by atoms with Crippen molar-refractivity contribution in [2.45, 2.75) is 13.0 Å². The molecule has 0 radical (unpaired) electrons. The fraction of sp³-hybridized carbons (Fsp3) is 0.115. The van der Waals surface area contributed by atoms with Crippen molar-refractivity contribution in [3.63, 3.8) is 0 Å². The van der Waals surface area contributed by atoms with Crippen LogP contribution >= 0.6 is 0 Å². The summed E-state index contributed by atoms with van der Waals surface area (Å²) in [5.74, 6) is 0.321. The van der Waals surface area contributed by atoms with Crippen molar-refractivity contribution < 1.29 is 22.5 Å². The molecule has 0 amide bonds. The third-order valence-corrected chi connectivity index (χ3v) is 4.98. The highest BCUT2D eigenvalue weighted by Gasteiger charge is 2.11. The van der Waals surface area contributed by atoms with Crippen LogP contribution in [-0.2, 0) is 6.54 Å². The topological polar surface area (TPSA) is 16.4 Å². The Hall–Kier alpha value is -3.80. The van der Waals surface area contributed by atoms with Gasteiger partial charge in [0.05, 0.1) is 0 Å². The standard InChI is InChI=1S/C26H22F3N2O/c27-20-2-8-23(9-3-20)31(24-10-4-21(28)5-11-24)17-1-16-30-18-14-26(15-19-30)32-25-12-6-22(29)7-13-25/h2-15,18-19H,1,16-17H2/q+1. The maximum Gasteiger partial charge on any atom is 0.172 e. The molecule has 1 aromatic heterocycles. The first-order valence-corrected chi connectivity index (χ1v) is 10.3. The Morgan fingerprint density at radius 3 is 1.53 bits per heavy atom. The van der Waals surface area contributed by atoms with Crippen LogP contribution in [0.2, 0.25) is 0 Å². The van der Waals surface area contributed by atoms with Gasteiger partial charge in [0.1, 0.15) is 35.5 Å². The number of nitrogens with zero attached hydrogens (tertiary/aromatic N) is 2. The minimum absolute atomic E-state index is 0.300. The number of aryl methyl sites for hydroxylation is 1. The molecule has 4 aromatic rings. The maximum atomic E-state index is 13.4. The van der Waals surface area contributed by atoms with E-state index in [1.54, 1.807) is 36.4 Å². The smallest absolute Gasteiger partial charge is 0.172 e. The van der Waals surface area contributed by atoms with Gasteiger partial charge in [-0.2, -0.15) is 0 Å². The van der Waals surface area contributed by atoms with E-state index in [4.69, 9.17) is 4.74 Å². The van der Waals surface area contributed by atoms with E-state index in [1.165, 1.54) is 36.4 Å². The third kappa shape index (κ3) is 5.66. The number of pyridine rings is 1. The molecule has 3 nitrogen and oxygen atoms in total. The molecule has 1 heterocycles. The van der Waals surface area contributed by atoms with Gasteiger partial charge in [0.25, 0.3) is 0 Å². The van der Waals surface area contributed by atoms with Crippen LogP contribution in [-0.4, -0.2) is 6.54 Å². The molecule has 0 N–H and O–H groups in total. The molecule has 0 aliphatic heterocycles. The minimum atomic E-state index is -0.307. The average Bonchev–Trinajstić information content (AvgIpc) is 2.81. The van der Waals surface area contributed by atoms with Gasteiger partial charge < -0.3 is 9.64 Å². The molecule has 3 aromatic carbocycles. The lowest BCUT2D eigenvalue weighted by atomic mass is 10.2. The highest BCUT2D eigenvalue weighted by Crippen LogP contribution is 2.26. The van der Waals surface area contributed by atoms with Gasteiger partial charge in [0, 0.05) is 36.5 Å². The van der Waals surface area contributed by atoms with Crippen LogP contribution in [0.25, 0.3) is 0 Å². The summed E-state index contributed by atoms with van der Waals surface area (Å²) in [4.78, 5) is 2.03. The van der Waals surface area contributed by atoms with Crippen LogP contribution in [0.3, 0.4) is 0 Å². The van der Waals surface area contributed by atoms with E-state index in [0.717, 1.165) is 24.3 Å². The number of anilines is 2. The molecule has 0 atom stereocenters. The fourth-order valence-corrected chi connectivity index (χ4v) is 3.36. The van der Waals surface area contributed by atoms with Gasteiger partial charge in [0.2, 0.25) is 0 Å². The van der Waals surface area contributed by atoms with E-state index in [0.29, 0.717) is 18.0 Å². The first-order chi connectivity index (χ1) is 15.6. The molecular formula is C26H22F3N2O+. The highest BCUT2D eigenvalue weighted by atomic mass is 19.1. The number of ether oxygens (including phenoxy) is 1. The van der Waals surface area contributed by atoms with Gasteiger partial charge in [-0.05, 0) is 72.8 Å². The lowest BCUT2D eigenvalue weighted by molar-refractivity contribution is -0.697. The van der Waals surface area contributed by atoms with E-state index in [-0.39, 0.29) is 17.5 Å². The molecule has 0 spiro atoms. The monoisotopic (exact) mass is 435 g/mol. The summed E-state index contributed by atoms with van der Waals surface area (Å²) in [6.45, 7) is 1.41. The first kappa shape index (κ1) is 21.4. The van der Waals surface area contributed by atoms with Crippen LogP contribution in [0.4, 0.5) is 24.5 Å². The lowest BCUT2D eigenvalue weighted by Gasteiger charge is -2.24. The lowest BCUT2D eigenvalue weighted by Crippen LogP contribution is -2.34. The summed E-state index contributed by atoms with van der Waals surface area (Å²) < 4.78 is 47.5. The Kier molecular flexibility index (Phi) is 6.70. The average molecular weight is 435 g/mol. The molecule has 6 heteroatoms. The molecule has 0 fully saturated rings. The molecular weight excluding hydrogens is 413 g/mol. The molecule has 32 heavy (non-hydrogen) atoms. The minimum Gasteiger partial charge on any atom is -0.457 e. The normalized spacial score (nSPS) is 10.7. The number of aromatic nitrogens is 1. The predicted octanol–water partition coefficient (Wildman–Crippen LogP) is 6.41. The SMILES string of the molecule is Fc1ccc(Oc2cc[n+](CCCN(c3ccc(F)cc3)c3ccc(F)cc3)cc2)cc1. The Balaban J connectivity index is 1.39. The van der Waals surface area contributed by atoms with E-state index in [1.807, 2.05) is 34.0 Å². The maximum absolute atomic E-state index is 13.4. The molecule has 0 bridgehead atoms. The van der Waals surface area contributed by atoms with Gasteiger partial charge in [-0.25, -0.2) is 17.7 Å². The summed E-state index contributed by atoms with van der Waals surface area (Å²) in [5.41, 5.74) is 1.68. The Labute approximate surface area is 184 Å². The quantitative estimate of drug-likeness (QED) is 0.297. The van der Waals surface area contributed by atoms with Gasteiger partial charge in [-0.15, -0.1) is 0 Å². The van der Waals surface area contributed by atoms with Gasteiger partial charge in [0.15, 0.2) is 12.4 Å². The molecule has 0 aliphatic rings. The summed E-state index contributed by atoms with van der Waals surface area (Å²) >= 11 is 0. The van der Waals surface area contributed by atoms with E-state index in [9.17, 15) is 13.2 Å². The van der Waals surface area contributed by atoms with Gasteiger partial charge in [-0.3, -0.25) is 0 Å². The Morgan fingerprint density at radius 1 is 0.594 bits per heavy atom. The summed E-state index contributed by atoms with van der Waals surface area (Å²) in [7, 11) is 0. The van der Waals surface area contributed by atoms with Crippen LogP contribution in [0.5, 0.6) is 11.5 Å². The molecule has 162 valence electrons. The molecule has 0 aliphatic carbocycles. The van der Waals surface area contributed by atoms with Crippen LogP contribution in [0, 0.1) is 17.5 Å². The fourth-order valence-electron chi connectivity index (χ4n) is 3.36. The Bertz CT molecular complexity index is 1080. The number of halogens is 3. The third-order valence-electron chi connectivity index (χ3n) is 4.98. The second-order valence-electron chi connectivity index (χ2n) is 7.29. The van der Waals surface area contributed by atoms with E-state index >= 15 is 0 Å². The predicted molar refractivity (Wildman–Crippen MR) is 118 cm³/mol.